The Labute approximate surface area is 80.3 Å². The summed E-state index contributed by atoms with van der Waals surface area (Å²) in [4.78, 5) is 0. The van der Waals surface area contributed by atoms with Gasteiger partial charge in [0, 0.05) is 0 Å². The van der Waals surface area contributed by atoms with Crippen LogP contribution in [0.2, 0.25) is 0 Å². The van der Waals surface area contributed by atoms with Crippen molar-refractivity contribution in [2.45, 2.75) is 0 Å². The molecule has 0 fully saturated rings. The lowest BCUT2D eigenvalue weighted by Crippen LogP contribution is -2.09. The first-order valence-electron chi connectivity index (χ1n) is 4.04. The highest BCUT2D eigenvalue weighted by Gasteiger charge is 2.16. The van der Waals surface area contributed by atoms with Crippen LogP contribution in [-0.4, -0.2) is 14.1 Å². The van der Waals surface area contributed by atoms with E-state index in [0.717, 1.165) is 6.08 Å². The van der Waals surface area contributed by atoms with Gasteiger partial charge in [0.05, 0.1) is 7.11 Å². The largest absolute Gasteiger partial charge is 0.502 e. The summed E-state index contributed by atoms with van der Waals surface area (Å²) in [6.07, 6.45) is 1.04. The van der Waals surface area contributed by atoms with Gasteiger partial charge in [-0.25, -0.2) is 0 Å². The molecule has 0 atom stereocenters. The van der Waals surface area contributed by atoms with Gasteiger partial charge in [0.15, 0.2) is 0 Å². The van der Waals surface area contributed by atoms with Crippen LogP contribution in [0.4, 0.5) is 12.9 Å². The summed E-state index contributed by atoms with van der Waals surface area (Å²) in [5, 5.41) is 0. The number of hydrogen-bond donors (Lipinski definition) is 0. The quantitative estimate of drug-likeness (QED) is 0.682. The van der Waals surface area contributed by atoms with Gasteiger partial charge < -0.3 is 17.7 Å². The summed E-state index contributed by atoms with van der Waals surface area (Å²) in [6.45, 7) is -4.85. The summed E-state index contributed by atoms with van der Waals surface area (Å²) < 4.78 is 40.4. The van der Waals surface area contributed by atoms with Crippen LogP contribution in [0.1, 0.15) is 5.56 Å². The minimum atomic E-state index is -4.85. The molecule has 0 amide bonds. The van der Waals surface area contributed by atoms with Crippen LogP contribution in [0.25, 0.3) is 6.08 Å². The molecule has 1 aromatic carbocycles. The van der Waals surface area contributed by atoms with E-state index in [1.807, 2.05) is 0 Å². The van der Waals surface area contributed by atoms with Crippen molar-refractivity contribution in [3.8, 4) is 5.75 Å². The van der Waals surface area contributed by atoms with E-state index < -0.39 is 6.98 Å². The summed E-state index contributed by atoms with van der Waals surface area (Å²) >= 11 is 0. The standard InChI is InChI=1S/C9H9BF3O/c1-14-9-4-2-8(3-5-9)6-7-10(11,12)13/h2-7H,1H3/q-1/b7-6-. The Balaban J connectivity index is 2.74. The minimum absolute atomic E-state index is 0.266. The van der Waals surface area contributed by atoms with E-state index in [-0.39, 0.29) is 5.98 Å². The summed E-state index contributed by atoms with van der Waals surface area (Å²) in [5.74, 6) is 0.890. The molecule has 0 aliphatic carbocycles. The summed E-state index contributed by atoms with van der Waals surface area (Å²) in [7, 11) is 1.50. The Morgan fingerprint density at radius 2 is 1.71 bits per heavy atom. The zero-order chi connectivity index (χ0) is 10.6. The average Bonchev–Trinajstić information content (AvgIpc) is 2.14. The minimum Gasteiger partial charge on any atom is -0.497 e. The fourth-order valence-corrected chi connectivity index (χ4v) is 0.935. The van der Waals surface area contributed by atoms with Crippen molar-refractivity contribution >= 4 is 13.1 Å². The van der Waals surface area contributed by atoms with Crippen LogP contribution in [0.3, 0.4) is 0 Å². The molecular weight excluding hydrogens is 192 g/mol. The van der Waals surface area contributed by atoms with E-state index >= 15 is 0 Å². The second-order valence-electron chi connectivity index (χ2n) is 2.76. The molecule has 0 unspecified atom stereocenters. The van der Waals surface area contributed by atoms with Gasteiger partial charge in [0.1, 0.15) is 5.75 Å². The third-order valence-corrected chi connectivity index (χ3v) is 1.62. The van der Waals surface area contributed by atoms with Crippen molar-refractivity contribution in [3.05, 3.63) is 35.8 Å². The monoisotopic (exact) mass is 201 g/mol. The molecule has 0 saturated carbocycles. The fraction of sp³-hybridized carbons (Fsp3) is 0.111. The summed E-state index contributed by atoms with van der Waals surface area (Å²) in [5.41, 5.74) is 0.505. The fourth-order valence-electron chi connectivity index (χ4n) is 0.935. The smallest absolute Gasteiger partial charge is 0.497 e. The molecular formula is C9H9BF3O-. The maximum Gasteiger partial charge on any atom is 0.502 e. The topological polar surface area (TPSA) is 9.23 Å². The highest BCUT2D eigenvalue weighted by atomic mass is 19.4. The molecule has 14 heavy (non-hydrogen) atoms. The van der Waals surface area contributed by atoms with Crippen molar-refractivity contribution in [1.82, 2.24) is 0 Å². The maximum atomic E-state index is 11.8. The lowest BCUT2D eigenvalue weighted by Gasteiger charge is -2.06. The predicted molar refractivity (Wildman–Crippen MR) is 51.1 cm³/mol. The van der Waals surface area contributed by atoms with E-state index in [4.69, 9.17) is 4.74 Å². The van der Waals surface area contributed by atoms with Crippen LogP contribution >= 0.6 is 0 Å². The number of benzene rings is 1. The molecule has 1 aromatic rings. The Kier molecular flexibility index (Phi) is 3.22. The normalized spacial score (nSPS) is 12.0. The molecule has 0 aliphatic rings. The van der Waals surface area contributed by atoms with Crippen LogP contribution in [0.5, 0.6) is 5.75 Å². The number of rotatable bonds is 3. The first-order valence-corrected chi connectivity index (χ1v) is 4.04. The van der Waals surface area contributed by atoms with Crippen LogP contribution < -0.4 is 4.74 Å². The summed E-state index contributed by atoms with van der Waals surface area (Å²) in [6, 6.07) is 6.36. The zero-order valence-corrected chi connectivity index (χ0v) is 7.58. The molecule has 0 spiro atoms. The highest BCUT2D eigenvalue weighted by molar-refractivity contribution is 6.64. The van der Waals surface area contributed by atoms with Gasteiger partial charge in [-0.05, 0) is 17.7 Å². The maximum absolute atomic E-state index is 11.8. The van der Waals surface area contributed by atoms with Gasteiger partial charge in [0.2, 0.25) is 0 Å². The molecule has 5 heteroatoms. The van der Waals surface area contributed by atoms with E-state index in [1.54, 1.807) is 24.3 Å². The Morgan fingerprint density at radius 1 is 1.14 bits per heavy atom. The molecule has 0 heterocycles. The van der Waals surface area contributed by atoms with E-state index in [9.17, 15) is 12.9 Å². The zero-order valence-electron chi connectivity index (χ0n) is 7.58. The number of methoxy groups -OCH3 is 1. The van der Waals surface area contributed by atoms with Gasteiger partial charge in [-0.2, -0.15) is 0 Å². The van der Waals surface area contributed by atoms with Gasteiger partial charge in [-0.3, -0.25) is 0 Å². The molecule has 0 radical (unpaired) electrons. The molecule has 76 valence electrons. The van der Waals surface area contributed by atoms with E-state index in [0.29, 0.717) is 11.3 Å². The molecule has 0 saturated heterocycles. The number of ether oxygens (including phenoxy) is 1. The lowest BCUT2D eigenvalue weighted by molar-refractivity contribution is 0.415. The Hall–Kier alpha value is -1.39. The first kappa shape index (κ1) is 10.7. The molecule has 1 nitrogen and oxygen atoms in total. The Morgan fingerprint density at radius 3 is 2.14 bits per heavy atom. The van der Waals surface area contributed by atoms with E-state index in [1.165, 1.54) is 7.11 Å². The van der Waals surface area contributed by atoms with E-state index in [2.05, 4.69) is 0 Å². The number of hydrogen-bond acceptors (Lipinski definition) is 1. The molecule has 0 aliphatic heterocycles. The van der Waals surface area contributed by atoms with Crippen molar-refractivity contribution in [2.24, 2.45) is 0 Å². The third kappa shape index (κ3) is 3.55. The molecule has 1 rings (SSSR count). The van der Waals surface area contributed by atoms with Crippen molar-refractivity contribution in [3.63, 3.8) is 0 Å². The van der Waals surface area contributed by atoms with Crippen molar-refractivity contribution in [2.75, 3.05) is 7.11 Å². The van der Waals surface area contributed by atoms with Crippen LogP contribution in [-0.2, 0) is 0 Å². The van der Waals surface area contributed by atoms with Gasteiger partial charge >= 0.3 is 6.98 Å². The SMILES string of the molecule is COc1ccc(/C=C\[B-](F)(F)F)cc1. The van der Waals surface area contributed by atoms with Gasteiger partial charge in [0.25, 0.3) is 0 Å². The molecule has 0 N–H and O–H groups in total. The molecule has 0 bridgehead atoms. The molecule has 0 aromatic heterocycles. The van der Waals surface area contributed by atoms with Gasteiger partial charge in [-0.1, -0.05) is 18.2 Å². The first-order chi connectivity index (χ1) is 6.51. The van der Waals surface area contributed by atoms with Crippen LogP contribution in [0.15, 0.2) is 30.2 Å². The average molecular weight is 201 g/mol. The highest BCUT2D eigenvalue weighted by Crippen LogP contribution is 2.15. The van der Waals surface area contributed by atoms with Gasteiger partial charge in [-0.15, -0.1) is 5.98 Å². The second-order valence-corrected chi connectivity index (χ2v) is 2.76. The lowest BCUT2D eigenvalue weighted by atomic mass is 9.91. The predicted octanol–water partition coefficient (Wildman–Crippen LogP) is 3.10. The Bertz CT molecular complexity index is 316. The van der Waals surface area contributed by atoms with Crippen LogP contribution in [0, 0.1) is 0 Å². The van der Waals surface area contributed by atoms with Crippen molar-refractivity contribution < 1.29 is 17.7 Å². The second kappa shape index (κ2) is 4.22. The number of halogens is 3. The van der Waals surface area contributed by atoms with Crippen molar-refractivity contribution in [1.29, 1.82) is 0 Å². The third-order valence-electron chi connectivity index (χ3n) is 1.62.